The van der Waals surface area contributed by atoms with Crippen molar-refractivity contribution in [1.29, 1.82) is 0 Å². The molecule has 0 bridgehead atoms. The van der Waals surface area contributed by atoms with E-state index in [0.717, 1.165) is 18.6 Å². The minimum atomic E-state index is -3.77. The van der Waals surface area contributed by atoms with Crippen molar-refractivity contribution in [3.63, 3.8) is 0 Å². The van der Waals surface area contributed by atoms with E-state index in [4.69, 9.17) is 10.5 Å². The molecule has 1 atom stereocenters. The maximum atomic E-state index is 13.2. The number of methoxy groups -OCH3 is 1. The fraction of sp³-hybridized carbons (Fsp3) is 0.500. The minimum Gasteiger partial charge on any atom is -0.398 e. The summed E-state index contributed by atoms with van der Waals surface area (Å²) in [5.41, 5.74) is 5.70. The average Bonchev–Trinajstić information content (AvgIpc) is 2.41. The molecule has 1 saturated heterocycles. The zero-order valence-corrected chi connectivity index (χ0v) is 11.5. The van der Waals surface area contributed by atoms with E-state index in [1.165, 1.54) is 10.4 Å². The Labute approximate surface area is 112 Å². The molecule has 1 fully saturated rings. The van der Waals surface area contributed by atoms with Gasteiger partial charge in [-0.2, -0.15) is 4.31 Å². The van der Waals surface area contributed by atoms with Crippen molar-refractivity contribution in [2.75, 3.05) is 25.9 Å². The number of nitrogens with two attached hydrogens (primary N) is 1. The largest absolute Gasteiger partial charge is 0.398 e. The normalized spacial score (nSPS) is 21.5. The highest BCUT2D eigenvalue weighted by Crippen LogP contribution is 2.26. The van der Waals surface area contributed by atoms with Crippen molar-refractivity contribution >= 4 is 15.7 Å². The molecule has 1 aromatic rings. The Morgan fingerprint density at radius 2 is 2.21 bits per heavy atom. The fourth-order valence-corrected chi connectivity index (χ4v) is 3.82. The van der Waals surface area contributed by atoms with Gasteiger partial charge in [0.25, 0.3) is 0 Å². The SMILES string of the molecule is COC1CCCN(S(=O)(=O)c2cc(F)ccc2N)C1. The number of rotatable bonds is 3. The van der Waals surface area contributed by atoms with Crippen LogP contribution in [0.2, 0.25) is 0 Å². The third-order valence-electron chi connectivity index (χ3n) is 3.27. The Morgan fingerprint density at radius 3 is 2.89 bits per heavy atom. The number of anilines is 1. The van der Waals surface area contributed by atoms with Crippen LogP contribution < -0.4 is 5.73 Å². The second-order valence-electron chi connectivity index (χ2n) is 4.55. The monoisotopic (exact) mass is 288 g/mol. The molecule has 5 nitrogen and oxygen atoms in total. The lowest BCUT2D eigenvalue weighted by Crippen LogP contribution is -2.43. The lowest BCUT2D eigenvalue weighted by Gasteiger charge is -2.31. The van der Waals surface area contributed by atoms with E-state index in [1.54, 1.807) is 7.11 Å². The number of nitrogens with zero attached hydrogens (tertiary/aromatic N) is 1. The van der Waals surface area contributed by atoms with Crippen LogP contribution in [-0.2, 0) is 14.8 Å². The smallest absolute Gasteiger partial charge is 0.245 e. The highest BCUT2D eigenvalue weighted by Gasteiger charge is 2.31. The van der Waals surface area contributed by atoms with Crippen LogP contribution in [-0.4, -0.2) is 39.0 Å². The van der Waals surface area contributed by atoms with E-state index in [0.29, 0.717) is 13.0 Å². The maximum Gasteiger partial charge on any atom is 0.245 e. The summed E-state index contributed by atoms with van der Waals surface area (Å²) in [7, 11) is -2.22. The molecule has 0 aromatic heterocycles. The zero-order valence-electron chi connectivity index (χ0n) is 10.7. The first kappa shape index (κ1) is 14.2. The Bertz CT molecular complexity index is 562. The van der Waals surface area contributed by atoms with Gasteiger partial charge in [-0.15, -0.1) is 0 Å². The first-order chi connectivity index (χ1) is 8.95. The average molecular weight is 288 g/mol. The van der Waals surface area contributed by atoms with Crippen molar-refractivity contribution in [2.24, 2.45) is 0 Å². The molecule has 0 radical (unpaired) electrons. The molecule has 1 aliphatic rings. The second kappa shape index (κ2) is 5.44. The molecule has 106 valence electrons. The van der Waals surface area contributed by atoms with Crippen molar-refractivity contribution in [2.45, 2.75) is 23.8 Å². The van der Waals surface area contributed by atoms with Gasteiger partial charge in [0.05, 0.1) is 11.8 Å². The van der Waals surface area contributed by atoms with Crippen LogP contribution in [0.4, 0.5) is 10.1 Å². The second-order valence-corrected chi connectivity index (χ2v) is 6.45. The topological polar surface area (TPSA) is 72.6 Å². The Morgan fingerprint density at radius 1 is 1.47 bits per heavy atom. The maximum absolute atomic E-state index is 13.2. The van der Waals surface area contributed by atoms with Crippen LogP contribution in [0.1, 0.15) is 12.8 Å². The number of hydrogen-bond donors (Lipinski definition) is 1. The van der Waals surface area contributed by atoms with E-state index >= 15 is 0 Å². The summed E-state index contributed by atoms with van der Waals surface area (Å²) in [4.78, 5) is -0.177. The van der Waals surface area contributed by atoms with Crippen molar-refractivity contribution in [3.8, 4) is 0 Å². The number of ether oxygens (including phenoxy) is 1. The Kier molecular flexibility index (Phi) is 4.07. The molecule has 0 amide bonds. The molecule has 0 aliphatic carbocycles. The van der Waals surface area contributed by atoms with Crippen LogP contribution in [0.15, 0.2) is 23.1 Å². The molecule has 1 heterocycles. The number of sulfonamides is 1. The summed E-state index contributed by atoms with van der Waals surface area (Å²) in [6.45, 7) is 0.674. The molecule has 2 N–H and O–H groups in total. The molecule has 1 unspecified atom stereocenters. The van der Waals surface area contributed by atoms with Crippen LogP contribution in [0.25, 0.3) is 0 Å². The van der Waals surface area contributed by atoms with Gasteiger partial charge in [0.2, 0.25) is 10.0 Å². The van der Waals surface area contributed by atoms with Gasteiger partial charge >= 0.3 is 0 Å². The van der Waals surface area contributed by atoms with Crippen molar-refractivity contribution < 1.29 is 17.5 Å². The molecule has 1 aliphatic heterocycles. The number of nitrogen functional groups attached to an aromatic ring is 1. The van der Waals surface area contributed by atoms with Gasteiger partial charge in [0.1, 0.15) is 10.7 Å². The molecule has 0 saturated carbocycles. The van der Waals surface area contributed by atoms with Gasteiger partial charge < -0.3 is 10.5 Å². The lowest BCUT2D eigenvalue weighted by molar-refractivity contribution is 0.0572. The lowest BCUT2D eigenvalue weighted by atomic mass is 10.1. The van der Waals surface area contributed by atoms with E-state index in [1.807, 2.05) is 0 Å². The highest BCUT2D eigenvalue weighted by molar-refractivity contribution is 7.89. The quantitative estimate of drug-likeness (QED) is 0.848. The first-order valence-corrected chi connectivity index (χ1v) is 7.47. The van der Waals surface area contributed by atoms with Crippen LogP contribution in [0.5, 0.6) is 0 Å². The number of piperidine rings is 1. The Balaban J connectivity index is 2.34. The number of halogens is 1. The van der Waals surface area contributed by atoms with Gasteiger partial charge in [0.15, 0.2) is 0 Å². The predicted molar refractivity (Wildman–Crippen MR) is 69.6 cm³/mol. The van der Waals surface area contributed by atoms with E-state index in [2.05, 4.69) is 0 Å². The van der Waals surface area contributed by atoms with Crippen molar-refractivity contribution in [3.05, 3.63) is 24.0 Å². The Hall–Kier alpha value is -1.18. The van der Waals surface area contributed by atoms with Crippen molar-refractivity contribution in [1.82, 2.24) is 4.31 Å². The standard InChI is InChI=1S/C12H17FN2O3S/c1-18-10-3-2-6-15(8-10)19(16,17)12-7-9(13)4-5-11(12)14/h4-5,7,10H,2-3,6,8,14H2,1H3. The number of hydrogen-bond acceptors (Lipinski definition) is 4. The summed E-state index contributed by atoms with van der Waals surface area (Å²) < 4.78 is 44.6. The summed E-state index contributed by atoms with van der Waals surface area (Å²) >= 11 is 0. The summed E-state index contributed by atoms with van der Waals surface area (Å²) in [5, 5.41) is 0. The predicted octanol–water partition coefficient (Wildman–Crippen LogP) is 1.21. The molecule has 7 heteroatoms. The number of benzene rings is 1. The van der Waals surface area contributed by atoms with Gasteiger partial charge in [-0.3, -0.25) is 0 Å². The summed E-state index contributed by atoms with van der Waals surface area (Å²) in [6.07, 6.45) is 1.41. The van der Waals surface area contributed by atoms with Gasteiger partial charge in [-0.05, 0) is 31.0 Å². The molecular weight excluding hydrogens is 271 g/mol. The fourth-order valence-electron chi connectivity index (χ4n) is 2.19. The van der Waals surface area contributed by atoms with E-state index < -0.39 is 15.8 Å². The zero-order chi connectivity index (χ0) is 14.0. The first-order valence-electron chi connectivity index (χ1n) is 6.03. The highest BCUT2D eigenvalue weighted by atomic mass is 32.2. The van der Waals surface area contributed by atoms with Crippen LogP contribution >= 0.6 is 0 Å². The third kappa shape index (κ3) is 2.88. The summed E-state index contributed by atoms with van der Waals surface area (Å²) in [6, 6.07) is 3.36. The van der Waals surface area contributed by atoms with Crippen LogP contribution in [0.3, 0.4) is 0 Å². The molecule has 2 rings (SSSR count). The molecule has 0 spiro atoms. The molecular formula is C12H17FN2O3S. The van der Waals surface area contributed by atoms with Gasteiger partial charge in [0, 0.05) is 20.2 Å². The molecule has 1 aromatic carbocycles. The third-order valence-corrected chi connectivity index (χ3v) is 5.19. The molecule has 19 heavy (non-hydrogen) atoms. The van der Waals surface area contributed by atoms with Crippen LogP contribution in [0, 0.1) is 5.82 Å². The van der Waals surface area contributed by atoms with E-state index in [-0.39, 0.29) is 23.2 Å². The van der Waals surface area contributed by atoms with Gasteiger partial charge in [-0.25, -0.2) is 12.8 Å². The minimum absolute atomic E-state index is 0.0564. The van der Waals surface area contributed by atoms with Gasteiger partial charge in [-0.1, -0.05) is 0 Å². The summed E-state index contributed by atoms with van der Waals surface area (Å²) in [5.74, 6) is -0.618. The van der Waals surface area contributed by atoms with E-state index in [9.17, 15) is 12.8 Å².